The standard InChI is InChI=1S/C30H25IN4O5/c1-18(19-7-5-4-6-8-19)35-17-20(31)13-23(30(35)37)29(36)34-28-10-9-21(16-33-28)40-25-11-12-32-24-15-27(39-3)26(38-2)14-22(24)25/h4-18H,1-3H3,(H,33,34,36). The van der Waals surface area contributed by atoms with Crippen LogP contribution in [-0.4, -0.2) is 34.7 Å². The molecule has 0 fully saturated rings. The molecule has 0 aliphatic carbocycles. The summed E-state index contributed by atoms with van der Waals surface area (Å²) in [6.07, 6.45) is 4.88. The van der Waals surface area contributed by atoms with Crippen LogP contribution in [-0.2, 0) is 0 Å². The predicted molar refractivity (Wildman–Crippen MR) is 161 cm³/mol. The van der Waals surface area contributed by atoms with Crippen LogP contribution in [0.1, 0.15) is 28.9 Å². The number of halogens is 1. The minimum atomic E-state index is -0.542. The smallest absolute Gasteiger partial charge is 0.264 e. The Morgan fingerprint density at radius 3 is 2.40 bits per heavy atom. The third-order valence-corrected chi connectivity index (χ3v) is 6.96. The Morgan fingerprint density at radius 2 is 1.70 bits per heavy atom. The van der Waals surface area contributed by atoms with E-state index in [-0.39, 0.29) is 23.0 Å². The lowest BCUT2D eigenvalue weighted by Crippen LogP contribution is -2.31. The van der Waals surface area contributed by atoms with Crippen molar-refractivity contribution in [2.24, 2.45) is 0 Å². The molecule has 0 saturated carbocycles. The number of pyridine rings is 3. The van der Waals surface area contributed by atoms with Crippen molar-refractivity contribution in [1.82, 2.24) is 14.5 Å². The average molecular weight is 648 g/mol. The van der Waals surface area contributed by atoms with Crippen LogP contribution < -0.4 is 25.1 Å². The molecule has 5 aromatic rings. The Labute approximate surface area is 243 Å². The third-order valence-electron chi connectivity index (χ3n) is 6.37. The fraction of sp³-hybridized carbons (Fsp3) is 0.133. The van der Waals surface area contributed by atoms with Gasteiger partial charge in [0.15, 0.2) is 11.5 Å². The zero-order chi connectivity index (χ0) is 28.2. The summed E-state index contributed by atoms with van der Waals surface area (Å²) >= 11 is 2.10. The summed E-state index contributed by atoms with van der Waals surface area (Å²) in [5, 5.41) is 3.45. The first-order valence-corrected chi connectivity index (χ1v) is 13.4. The van der Waals surface area contributed by atoms with Crippen molar-refractivity contribution in [2.45, 2.75) is 13.0 Å². The number of nitrogens with zero attached hydrogens (tertiary/aromatic N) is 3. The number of rotatable bonds is 8. The molecule has 0 radical (unpaired) electrons. The Morgan fingerprint density at radius 1 is 0.950 bits per heavy atom. The lowest BCUT2D eigenvalue weighted by molar-refractivity contribution is 0.102. The molecule has 0 bridgehead atoms. The summed E-state index contributed by atoms with van der Waals surface area (Å²) in [6, 6.07) is 19.6. The van der Waals surface area contributed by atoms with E-state index in [0.29, 0.717) is 28.5 Å². The van der Waals surface area contributed by atoms with Gasteiger partial charge in [-0.25, -0.2) is 4.98 Å². The molecule has 3 aromatic heterocycles. The monoisotopic (exact) mass is 648 g/mol. The number of ether oxygens (including phenoxy) is 3. The normalized spacial score (nSPS) is 11.6. The zero-order valence-corrected chi connectivity index (χ0v) is 24.1. The SMILES string of the molecule is COc1cc2nccc(Oc3ccc(NC(=O)c4cc(I)cn(C(C)c5ccccc5)c4=O)nc3)c2cc1OC. The number of hydrogen-bond donors (Lipinski definition) is 1. The van der Waals surface area contributed by atoms with Gasteiger partial charge in [0.1, 0.15) is 22.9 Å². The second kappa shape index (κ2) is 11.7. The highest BCUT2D eigenvalue weighted by atomic mass is 127. The summed E-state index contributed by atoms with van der Waals surface area (Å²) in [5.41, 5.74) is 1.29. The van der Waals surface area contributed by atoms with Gasteiger partial charge in [-0.05, 0) is 65.4 Å². The molecule has 3 heterocycles. The maximum atomic E-state index is 13.3. The van der Waals surface area contributed by atoms with E-state index in [1.165, 1.54) is 6.20 Å². The van der Waals surface area contributed by atoms with Gasteiger partial charge < -0.3 is 24.1 Å². The Balaban J connectivity index is 1.35. The van der Waals surface area contributed by atoms with E-state index >= 15 is 0 Å². The van der Waals surface area contributed by atoms with E-state index in [4.69, 9.17) is 14.2 Å². The topological polar surface area (TPSA) is 105 Å². The number of amides is 1. The van der Waals surface area contributed by atoms with Crippen LogP contribution in [0.25, 0.3) is 10.9 Å². The number of carbonyl (C=O) groups excluding carboxylic acids is 1. The fourth-order valence-corrected chi connectivity index (χ4v) is 4.88. The minimum Gasteiger partial charge on any atom is -0.493 e. The first-order valence-electron chi connectivity index (χ1n) is 12.3. The molecular weight excluding hydrogens is 623 g/mol. The van der Waals surface area contributed by atoms with E-state index < -0.39 is 5.91 Å². The van der Waals surface area contributed by atoms with Gasteiger partial charge in [-0.2, -0.15) is 0 Å². The number of fused-ring (bicyclic) bond motifs is 1. The number of benzene rings is 2. The second-order valence-electron chi connectivity index (χ2n) is 8.84. The van der Waals surface area contributed by atoms with Crippen LogP contribution >= 0.6 is 22.6 Å². The van der Waals surface area contributed by atoms with Crippen LogP contribution in [0, 0.1) is 3.57 Å². The molecule has 1 amide bonds. The summed E-state index contributed by atoms with van der Waals surface area (Å²) in [4.78, 5) is 35.1. The van der Waals surface area contributed by atoms with Gasteiger partial charge in [-0.15, -0.1) is 0 Å². The molecule has 5 rings (SSSR count). The van der Waals surface area contributed by atoms with Crippen LogP contribution in [0.2, 0.25) is 0 Å². The predicted octanol–water partition coefficient (Wildman–Crippen LogP) is 6.07. The first kappa shape index (κ1) is 27.1. The average Bonchev–Trinajstić information content (AvgIpc) is 2.98. The number of nitrogens with one attached hydrogen (secondary N) is 1. The molecule has 40 heavy (non-hydrogen) atoms. The van der Waals surface area contributed by atoms with Crippen LogP contribution in [0.4, 0.5) is 5.82 Å². The Hall–Kier alpha value is -4.45. The van der Waals surface area contributed by atoms with Crippen LogP contribution in [0.15, 0.2) is 90.1 Å². The van der Waals surface area contributed by atoms with Crippen molar-refractivity contribution in [2.75, 3.05) is 19.5 Å². The summed E-state index contributed by atoms with van der Waals surface area (Å²) in [7, 11) is 3.13. The van der Waals surface area contributed by atoms with E-state index in [0.717, 1.165) is 14.5 Å². The van der Waals surface area contributed by atoms with Gasteiger partial charge in [0.2, 0.25) is 0 Å². The second-order valence-corrected chi connectivity index (χ2v) is 10.1. The number of methoxy groups -OCH3 is 2. The molecule has 2 aromatic carbocycles. The van der Waals surface area contributed by atoms with Gasteiger partial charge in [-0.3, -0.25) is 14.6 Å². The van der Waals surface area contributed by atoms with Gasteiger partial charge in [0, 0.05) is 27.4 Å². The minimum absolute atomic E-state index is 0.0319. The molecule has 0 aliphatic rings. The van der Waals surface area contributed by atoms with Crippen molar-refractivity contribution in [3.63, 3.8) is 0 Å². The third kappa shape index (κ3) is 5.62. The summed E-state index contributed by atoms with van der Waals surface area (Å²) in [5.74, 6) is 1.86. The number of aromatic nitrogens is 3. The van der Waals surface area contributed by atoms with E-state index in [9.17, 15) is 9.59 Å². The van der Waals surface area contributed by atoms with Crippen molar-refractivity contribution in [3.05, 3.63) is 110 Å². The maximum Gasteiger partial charge on any atom is 0.264 e. The fourth-order valence-electron chi connectivity index (χ4n) is 4.27. The van der Waals surface area contributed by atoms with Gasteiger partial charge in [0.05, 0.1) is 32.0 Å². The van der Waals surface area contributed by atoms with Crippen molar-refractivity contribution in [1.29, 1.82) is 0 Å². The maximum absolute atomic E-state index is 13.3. The Kier molecular flexibility index (Phi) is 7.96. The van der Waals surface area contributed by atoms with E-state index in [2.05, 4.69) is 37.9 Å². The highest BCUT2D eigenvalue weighted by Gasteiger charge is 2.18. The number of hydrogen-bond acceptors (Lipinski definition) is 7. The lowest BCUT2D eigenvalue weighted by Gasteiger charge is -2.17. The summed E-state index contributed by atoms with van der Waals surface area (Å²) in [6.45, 7) is 1.92. The van der Waals surface area contributed by atoms with E-state index in [1.54, 1.807) is 67.6 Å². The van der Waals surface area contributed by atoms with Crippen LogP contribution in [0.5, 0.6) is 23.0 Å². The molecule has 1 unspecified atom stereocenters. The summed E-state index contributed by atoms with van der Waals surface area (Å²) < 4.78 is 19.2. The van der Waals surface area contributed by atoms with Gasteiger partial charge in [-0.1, -0.05) is 30.3 Å². The molecular formula is C30H25IN4O5. The molecule has 0 spiro atoms. The first-order chi connectivity index (χ1) is 19.4. The number of carbonyl (C=O) groups is 1. The van der Waals surface area contributed by atoms with E-state index in [1.807, 2.05) is 37.3 Å². The number of anilines is 1. The lowest BCUT2D eigenvalue weighted by atomic mass is 10.1. The Bertz CT molecular complexity index is 1740. The zero-order valence-electron chi connectivity index (χ0n) is 21.9. The molecule has 10 heteroatoms. The highest BCUT2D eigenvalue weighted by molar-refractivity contribution is 14.1. The molecule has 1 atom stereocenters. The van der Waals surface area contributed by atoms with Crippen molar-refractivity contribution < 1.29 is 19.0 Å². The molecule has 202 valence electrons. The highest BCUT2D eigenvalue weighted by Crippen LogP contribution is 2.36. The van der Waals surface area contributed by atoms with Crippen molar-refractivity contribution >= 4 is 45.2 Å². The quantitative estimate of drug-likeness (QED) is 0.204. The van der Waals surface area contributed by atoms with Crippen molar-refractivity contribution in [3.8, 4) is 23.0 Å². The van der Waals surface area contributed by atoms with Gasteiger partial charge in [0.25, 0.3) is 11.5 Å². The van der Waals surface area contributed by atoms with Crippen LogP contribution in [0.3, 0.4) is 0 Å². The molecule has 0 saturated heterocycles. The van der Waals surface area contributed by atoms with Gasteiger partial charge >= 0.3 is 0 Å². The molecule has 9 nitrogen and oxygen atoms in total. The molecule has 0 aliphatic heterocycles. The largest absolute Gasteiger partial charge is 0.493 e. The molecule has 1 N–H and O–H groups in total.